The predicted molar refractivity (Wildman–Crippen MR) is 96.1 cm³/mol. The Morgan fingerprint density at radius 2 is 1.72 bits per heavy atom. The molecule has 1 rings (SSSR count). The lowest BCUT2D eigenvalue weighted by Gasteiger charge is -2.08. The van der Waals surface area contributed by atoms with Gasteiger partial charge in [-0.3, -0.25) is 9.36 Å². The normalized spacial score (nSPS) is 10.4. The second-order valence-corrected chi connectivity index (χ2v) is 6.15. The Hall–Kier alpha value is -2.22. The van der Waals surface area contributed by atoms with Crippen molar-refractivity contribution in [2.24, 2.45) is 7.05 Å². The van der Waals surface area contributed by atoms with Crippen LogP contribution in [0.2, 0.25) is 0 Å². The van der Waals surface area contributed by atoms with Gasteiger partial charge in [0.1, 0.15) is 5.69 Å². The number of aromatic amines is 1. The summed E-state index contributed by atoms with van der Waals surface area (Å²) in [6.07, 6.45) is 3.12. The van der Waals surface area contributed by atoms with Crippen molar-refractivity contribution in [2.45, 2.75) is 39.5 Å². The lowest BCUT2D eigenvalue weighted by Crippen LogP contribution is -2.26. The van der Waals surface area contributed by atoms with Crippen LogP contribution < -0.4 is 5.56 Å². The number of unbranched alkanes of at least 4 members (excludes halogenated alkanes) is 3. The van der Waals surface area contributed by atoms with Crippen LogP contribution in [0.5, 0.6) is 0 Å². The molecular weight excluding hydrogens is 344 g/mol. The summed E-state index contributed by atoms with van der Waals surface area (Å²) in [5, 5.41) is 0. The van der Waals surface area contributed by atoms with Crippen LogP contribution in [0.1, 0.15) is 48.7 Å². The fraction of sp³-hybridized carbons (Fsp3) is 0.529. The molecule has 1 N–H and O–H groups in total. The third-order valence-electron chi connectivity index (χ3n) is 3.59. The van der Waals surface area contributed by atoms with Gasteiger partial charge in [0.05, 0.1) is 13.2 Å². The van der Waals surface area contributed by atoms with Gasteiger partial charge in [0, 0.05) is 18.2 Å². The van der Waals surface area contributed by atoms with E-state index in [0.717, 1.165) is 19.3 Å². The van der Waals surface area contributed by atoms with Crippen LogP contribution in [0, 0.1) is 11.7 Å². The molecule has 1 heterocycles. The fourth-order valence-corrected chi connectivity index (χ4v) is 2.21. The molecule has 0 saturated heterocycles. The van der Waals surface area contributed by atoms with E-state index in [1.807, 2.05) is 0 Å². The van der Waals surface area contributed by atoms with E-state index in [0.29, 0.717) is 18.6 Å². The van der Waals surface area contributed by atoms with E-state index in [1.165, 1.54) is 11.6 Å². The molecule has 0 unspecified atom stereocenters. The molecule has 0 aliphatic rings. The van der Waals surface area contributed by atoms with Crippen LogP contribution in [0.4, 0.5) is 0 Å². The summed E-state index contributed by atoms with van der Waals surface area (Å²) >= 11 is 4.99. The second-order valence-electron chi connectivity index (χ2n) is 5.76. The molecule has 138 valence electrons. The van der Waals surface area contributed by atoms with E-state index in [9.17, 15) is 14.4 Å². The number of H-pyrrole nitrogens is 1. The quantitative estimate of drug-likeness (QED) is 0.312. The number of hydrogen-bond acceptors (Lipinski definition) is 6. The zero-order chi connectivity index (χ0) is 19.0. The largest absolute Gasteiger partial charge is 0.462 e. The SMILES string of the molecule is C=C(C)C(=O)OCCCCCCOC(=O)c1[nH]c(=S)n(C)c(=O)c1C. The van der Waals surface area contributed by atoms with E-state index in [4.69, 9.17) is 21.7 Å². The number of aromatic nitrogens is 2. The highest BCUT2D eigenvalue weighted by Gasteiger charge is 2.15. The van der Waals surface area contributed by atoms with Crippen molar-refractivity contribution in [3.05, 3.63) is 38.5 Å². The van der Waals surface area contributed by atoms with E-state index >= 15 is 0 Å². The van der Waals surface area contributed by atoms with Crippen molar-refractivity contribution in [2.75, 3.05) is 13.2 Å². The number of ether oxygens (including phenoxy) is 2. The number of hydrogen-bond donors (Lipinski definition) is 1. The van der Waals surface area contributed by atoms with Crippen LogP contribution in [-0.2, 0) is 21.3 Å². The molecular formula is C17H24N2O5S. The van der Waals surface area contributed by atoms with Gasteiger partial charge in [-0.2, -0.15) is 0 Å². The summed E-state index contributed by atoms with van der Waals surface area (Å²) in [4.78, 5) is 37.8. The minimum atomic E-state index is -0.586. The molecule has 8 heteroatoms. The Balaban J connectivity index is 2.30. The summed E-state index contributed by atoms with van der Waals surface area (Å²) < 4.78 is 11.6. The van der Waals surface area contributed by atoms with Crippen LogP contribution in [0.25, 0.3) is 0 Å². The molecule has 0 radical (unpaired) electrons. The fourth-order valence-electron chi connectivity index (χ4n) is 2.02. The average molecular weight is 368 g/mol. The third kappa shape index (κ3) is 6.30. The highest BCUT2D eigenvalue weighted by molar-refractivity contribution is 7.71. The Morgan fingerprint density at radius 3 is 2.28 bits per heavy atom. The average Bonchev–Trinajstić information content (AvgIpc) is 2.57. The molecule has 0 bridgehead atoms. The first-order chi connectivity index (χ1) is 11.8. The molecule has 1 aromatic heterocycles. The van der Waals surface area contributed by atoms with Crippen LogP contribution >= 0.6 is 12.2 Å². The molecule has 0 fully saturated rings. The highest BCUT2D eigenvalue weighted by atomic mass is 32.1. The van der Waals surface area contributed by atoms with E-state index < -0.39 is 5.97 Å². The van der Waals surface area contributed by atoms with Crippen molar-refractivity contribution < 1.29 is 19.1 Å². The van der Waals surface area contributed by atoms with Crippen LogP contribution in [0.3, 0.4) is 0 Å². The molecule has 0 aliphatic carbocycles. The lowest BCUT2D eigenvalue weighted by atomic mass is 10.2. The van der Waals surface area contributed by atoms with Gasteiger partial charge in [-0.25, -0.2) is 9.59 Å². The maximum Gasteiger partial charge on any atom is 0.355 e. The predicted octanol–water partition coefficient (Wildman–Crippen LogP) is 2.59. The monoisotopic (exact) mass is 368 g/mol. The zero-order valence-electron chi connectivity index (χ0n) is 14.8. The van der Waals surface area contributed by atoms with Crippen LogP contribution in [-0.4, -0.2) is 34.7 Å². The number of nitrogens with one attached hydrogen (secondary N) is 1. The minimum absolute atomic E-state index is 0.0970. The molecule has 0 aliphatic heterocycles. The highest BCUT2D eigenvalue weighted by Crippen LogP contribution is 2.05. The summed E-state index contributed by atoms with van der Waals surface area (Å²) in [7, 11) is 1.54. The summed E-state index contributed by atoms with van der Waals surface area (Å²) in [6.45, 7) is 7.27. The number of rotatable bonds is 9. The Kier molecular flexibility index (Phi) is 8.27. The van der Waals surface area contributed by atoms with Gasteiger partial charge < -0.3 is 14.5 Å². The maximum absolute atomic E-state index is 12.0. The first-order valence-corrected chi connectivity index (χ1v) is 8.46. The topological polar surface area (TPSA) is 90.4 Å². The Labute approximate surface area is 151 Å². The molecule has 0 saturated carbocycles. The van der Waals surface area contributed by atoms with E-state index in [2.05, 4.69) is 11.6 Å². The number of nitrogens with zero attached hydrogens (tertiary/aromatic N) is 1. The van der Waals surface area contributed by atoms with Crippen LogP contribution in [0.15, 0.2) is 16.9 Å². The van der Waals surface area contributed by atoms with Gasteiger partial charge >= 0.3 is 11.9 Å². The molecule has 0 spiro atoms. The van der Waals surface area contributed by atoms with Crippen molar-refractivity contribution in [3.63, 3.8) is 0 Å². The smallest absolute Gasteiger partial charge is 0.355 e. The van der Waals surface area contributed by atoms with Gasteiger partial charge in [0.15, 0.2) is 4.77 Å². The molecule has 25 heavy (non-hydrogen) atoms. The molecule has 7 nitrogen and oxygen atoms in total. The summed E-state index contributed by atoms with van der Waals surface area (Å²) in [6, 6.07) is 0. The van der Waals surface area contributed by atoms with Gasteiger partial charge in [-0.15, -0.1) is 0 Å². The molecule has 0 aromatic carbocycles. The molecule has 0 amide bonds. The number of carbonyl (C=O) groups is 2. The van der Waals surface area contributed by atoms with E-state index in [1.54, 1.807) is 13.8 Å². The van der Waals surface area contributed by atoms with Gasteiger partial charge in [-0.05, 0) is 51.7 Å². The van der Waals surface area contributed by atoms with Gasteiger partial charge in [-0.1, -0.05) is 6.58 Å². The van der Waals surface area contributed by atoms with Crippen molar-refractivity contribution in [3.8, 4) is 0 Å². The first-order valence-electron chi connectivity index (χ1n) is 8.05. The zero-order valence-corrected chi connectivity index (χ0v) is 15.7. The first kappa shape index (κ1) is 20.8. The lowest BCUT2D eigenvalue weighted by molar-refractivity contribution is -0.139. The molecule has 1 aromatic rings. The Bertz CT molecular complexity index is 763. The third-order valence-corrected chi connectivity index (χ3v) is 3.97. The van der Waals surface area contributed by atoms with Crippen molar-refractivity contribution in [1.82, 2.24) is 9.55 Å². The van der Waals surface area contributed by atoms with Gasteiger partial charge in [0.2, 0.25) is 0 Å². The minimum Gasteiger partial charge on any atom is -0.462 e. The number of carbonyl (C=O) groups excluding carboxylic acids is 2. The number of esters is 2. The Morgan fingerprint density at radius 1 is 1.16 bits per heavy atom. The van der Waals surface area contributed by atoms with E-state index in [-0.39, 0.29) is 34.2 Å². The van der Waals surface area contributed by atoms with Crippen molar-refractivity contribution >= 4 is 24.2 Å². The summed E-state index contributed by atoms with van der Waals surface area (Å²) in [5.41, 5.74) is 0.442. The van der Waals surface area contributed by atoms with Crippen molar-refractivity contribution in [1.29, 1.82) is 0 Å². The summed E-state index contributed by atoms with van der Waals surface area (Å²) in [5.74, 6) is -0.965. The standard InChI is InChI=1S/C17H24N2O5S/c1-11(2)15(21)23-9-7-5-6-8-10-24-16(22)13-12(3)14(20)19(4)17(25)18-13/h1,5-10H2,2-4H3,(H,18,25). The second kappa shape index (κ2) is 9.93. The molecule has 0 atom stereocenters. The maximum atomic E-state index is 12.0. The van der Waals surface area contributed by atoms with Gasteiger partial charge in [0.25, 0.3) is 5.56 Å².